The van der Waals surface area contributed by atoms with Crippen LogP contribution in [0.15, 0.2) is 12.1 Å². The quantitative estimate of drug-likeness (QED) is 0.451. The molecule has 0 atom stereocenters. The lowest BCUT2D eigenvalue weighted by Gasteiger charge is -2.07. The summed E-state index contributed by atoms with van der Waals surface area (Å²) in [6.45, 7) is 2.04. The molecule has 0 N–H and O–H groups in total. The van der Waals surface area contributed by atoms with E-state index in [4.69, 9.17) is 21.1 Å². The number of nitro benzene ring substituents is 1. The molecule has 0 bridgehead atoms. The summed E-state index contributed by atoms with van der Waals surface area (Å²) in [4.78, 5) is 21.0. The Balaban J connectivity index is 2.58. The Labute approximate surface area is 109 Å². The van der Waals surface area contributed by atoms with Gasteiger partial charge in [-0.2, -0.15) is 0 Å². The summed E-state index contributed by atoms with van der Waals surface area (Å²) in [6.07, 6.45) is 0.0522. The Hall–Kier alpha value is -1.82. The minimum Gasteiger partial charge on any atom is -0.491 e. The fourth-order valence-corrected chi connectivity index (χ4v) is 1.30. The fourth-order valence-electron chi connectivity index (χ4n) is 1.14. The number of non-ortho nitro benzene ring substituents is 1. The summed E-state index contributed by atoms with van der Waals surface area (Å²) in [7, 11) is 0. The van der Waals surface area contributed by atoms with Crippen LogP contribution in [-0.4, -0.2) is 24.1 Å². The first-order valence-electron chi connectivity index (χ1n) is 5.18. The maximum Gasteiger partial charge on any atom is 0.309 e. The van der Waals surface area contributed by atoms with E-state index in [-0.39, 0.29) is 29.5 Å². The van der Waals surface area contributed by atoms with Crippen molar-refractivity contribution >= 4 is 23.3 Å². The first-order chi connectivity index (χ1) is 8.54. The summed E-state index contributed by atoms with van der Waals surface area (Å²) < 4.78 is 9.89. The second-order valence-electron chi connectivity index (χ2n) is 3.19. The highest BCUT2D eigenvalue weighted by Crippen LogP contribution is 2.28. The van der Waals surface area contributed by atoms with Gasteiger partial charge < -0.3 is 9.47 Å². The Morgan fingerprint density at radius 1 is 1.61 bits per heavy atom. The molecule has 18 heavy (non-hydrogen) atoms. The average Bonchev–Trinajstić information content (AvgIpc) is 2.31. The van der Waals surface area contributed by atoms with Crippen LogP contribution in [0.3, 0.4) is 0 Å². The zero-order chi connectivity index (χ0) is 13.5. The molecule has 0 aliphatic heterocycles. The van der Waals surface area contributed by atoms with Gasteiger partial charge in [-0.25, -0.2) is 0 Å². The molecule has 0 saturated heterocycles. The zero-order valence-electron chi connectivity index (χ0n) is 9.64. The van der Waals surface area contributed by atoms with Crippen LogP contribution in [-0.2, 0) is 9.53 Å². The molecule has 0 aliphatic carbocycles. The van der Waals surface area contributed by atoms with Gasteiger partial charge in [0.05, 0.1) is 41.7 Å². The van der Waals surface area contributed by atoms with E-state index in [0.717, 1.165) is 6.07 Å². The van der Waals surface area contributed by atoms with E-state index in [1.165, 1.54) is 6.07 Å². The first-order valence-corrected chi connectivity index (χ1v) is 5.56. The SMILES string of the molecule is CCOC(=O)CCOc1cc([N+](=O)[O-])[c]cc1Cl. The van der Waals surface area contributed by atoms with Gasteiger partial charge in [0.15, 0.2) is 0 Å². The van der Waals surface area contributed by atoms with Gasteiger partial charge in [-0.1, -0.05) is 11.6 Å². The molecule has 97 valence electrons. The molecule has 0 aromatic heterocycles. The summed E-state index contributed by atoms with van der Waals surface area (Å²) in [5.41, 5.74) is -0.245. The summed E-state index contributed by atoms with van der Waals surface area (Å²) >= 11 is 5.78. The van der Waals surface area contributed by atoms with Crippen LogP contribution in [0.25, 0.3) is 0 Å². The van der Waals surface area contributed by atoms with Crippen molar-refractivity contribution in [2.24, 2.45) is 0 Å². The lowest BCUT2D eigenvalue weighted by atomic mass is 10.3. The second-order valence-corrected chi connectivity index (χ2v) is 3.60. The number of benzene rings is 1. The highest BCUT2D eigenvalue weighted by atomic mass is 35.5. The van der Waals surface area contributed by atoms with Gasteiger partial charge >= 0.3 is 5.97 Å². The van der Waals surface area contributed by atoms with Gasteiger partial charge in [-0.15, -0.1) is 0 Å². The largest absolute Gasteiger partial charge is 0.491 e. The third-order valence-electron chi connectivity index (χ3n) is 1.92. The van der Waals surface area contributed by atoms with Crippen molar-refractivity contribution in [1.29, 1.82) is 0 Å². The molecule has 7 heteroatoms. The van der Waals surface area contributed by atoms with Crippen LogP contribution in [0.2, 0.25) is 5.02 Å². The van der Waals surface area contributed by atoms with Crippen LogP contribution in [0.4, 0.5) is 5.69 Å². The van der Waals surface area contributed by atoms with E-state index in [0.29, 0.717) is 6.61 Å². The van der Waals surface area contributed by atoms with Crippen molar-refractivity contribution in [3.63, 3.8) is 0 Å². The number of hydrogen-bond acceptors (Lipinski definition) is 5. The van der Waals surface area contributed by atoms with Crippen molar-refractivity contribution in [2.75, 3.05) is 13.2 Å². The van der Waals surface area contributed by atoms with Crippen LogP contribution in [0, 0.1) is 16.2 Å². The lowest BCUT2D eigenvalue weighted by molar-refractivity contribution is -0.385. The second kappa shape index (κ2) is 6.80. The zero-order valence-corrected chi connectivity index (χ0v) is 10.4. The maximum absolute atomic E-state index is 11.0. The van der Waals surface area contributed by atoms with Gasteiger partial charge in [-0.05, 0) is 13.0 Å². The maximum atomic E-state index is 11.0. The molecule has 0 amide bonds. The Bertz CT molecular complexity index is 449. The lowest BCUT2D eigenvalue weighted by Crippen LogP contribution is -2.09. The molecule has 1 radical (unpaired) electrons. The number of carbonyl (C=O) groups is 1. The number of rotatable bonds is 6. The van der Waals surface area contributed by atoms with Crippen molar-refractivity contribution in [2.45, 2.75) is 13.3 Å². The molecule has 0 unspecified atom stereocenters. The van der Waals surface area contributed by atoms with Gasteiger partial charge in [0.25, 0.3) is 5.69 Å². The monoisotopic (exact) mass is 272 g/mol. The highest BCUT2D eigenvalue weighted by Gasteiger charge is 2.12. The highest BCUT2D eigenvalue weighted by molar-refractivity contribution is 6.32. The molecule has 1 aromatic carbocycles. The normalized spacial score (nSPS) is 9.89. The number of hydrogen-bond donors (Lipinski definition) is 0. The third-order valence-corrected chi connectivity index (χ3v) is 2.21. The standard InChI is InChI=1S/C11H11ClNO5/c1-2-17-11(14)5-6-18-10-7-8(13(15)16)3-4-9(10)12/h4,7H,2,5-6H2,1H3. The molecular weight excluding hydrogens is 262 g/mol. The van der Waals surface area contributed by atoms with Gasteiger partial charge in [-0.3, -0.25) is 14.9 Å². The van der Waals surface area contributed by atoms with Crippen LogP contribution < -0.4 is 4.74 Å². The third kappa shape index (κ3) is 4.21. The molecular formula is C11H11ClNO5. The summed E-state index contributed by atoms with van der Waals surface area (Å²) in [5.74, 6) is -0.253. The van der Waals surface area contributed by atoms with E-state index in [1.54, 1.807) is 6.92 Å². The predicted molar refractivity (Wildman–Crippen MR) is 63.7 cm³/mol. The van der Waals surface area contributed by atoms with Crippen LogP contribution >= 0.6 is 11.6 Å². The number of ether oxygens (including phenoxy) is 2. The van der Waals surface area contributed by atoms with E-state index >= 15 is 0 Å². The Kier molecular flexibility index (Phi) is 5.38. The van der Waals surface area contributed by atoms with E-state index < -0.39 is 10.9 Å². The van der Waals surface area contributed by atoms with Crippen molar-refractivity contribution in [1.82, 2.24) is 0 Å². The van der Waals surface area contributed by atoms with E-state index in [9.17, 15) is 14.9 Å². The molecule has 0 saturated carbocycles. The van der Waals surface area contributed by atoms with Gasteiger partial charge in [0.1, 0.15) is 5.75 Å². The Morgan fingerprint density at radius 2 is 2.33 bits per heavy atom. The van der Waals surface area contributed by atoms with E-state index in [1.807, 2.05) is 0 Å². The topological polar surface area (TPSA) is 78.7 Å². The molecule has 0 aliphatic rings. The van der Waals surface area contributed by atoms with Gasteiger partial charge in [0, 0.05) is 0 Å². The predicted octanol–water partition coefficient (Wildman–Crippen LogP) is 2.38. The van der Waals surface area contributed by atoms with Crippen LogP contribution in [0.1, 0.15) is 13.3 Å². The minimum absolute atomic E-state index is 0.0414. The first kappa shape index (κ1) is 14.2. The molecule has 0 spiro atoms. The van der Waals surface area contributed by atoms with Crippen LogP contribution in [0.5, 0.6) is 5.75 Å². The Morgan fingerprint density at radius 3 is 2.94 bits per heavy atom. The van der Waals surface area contributed by atoms with Crippen molar-refractivity contribution in [3.05, 3.63) is 33.3 Å². The summed E-state index contributed by atoms with van der Waals surface area (Å²) in [5, 5.41) is 10.7. The van der Waals surface area contributed by atoms with Crippen molar-refractivity contribution in [3.8, 4) is 5.75 Å². The number of nitrogens with zero attached hydrogens (tertiary/aromatic N) is 1. The molecule has 1 rings (SSSR count). The van der Waals surface area contributed by atoms with Crippen molar-refractivity contribution < 1.29 is 19.2 Å². The smallest absolute Gasteiger partial charge is 0.309 e. The van der Waals surface area contributed by atoms with E-state index in [2.05, 4.69) is 6.07 Å². The molecule has 0 fully saturated rings. The number of carbonyl (C=O) groups excluding carboxylic acids is 1. The molecule has 6 nitrogen and oxygen atoms in total. The number of halogens is 1. The summed E-state index contributed by atoms with van der Waals surface area (Å²) in [6, 6.07) is 4.80. The number of nitro groups is 1. The minimum atomic E-state index is -0.603. The molecule has 1 aromatic rings. The average molecular weight is 273 g/mol. The number of esters is 1. The fraction of sp³-hybridized carbons (Fsp3) is 0.364. The molecule has 0 heterocycles. The van der Waals surface area contributed by atoms with Gasteiger partial charge in [0.2, 0.25) is 0 Å².